The number of benzene rings is 1. The monoisotopic (exact) mass is 263 g/mol. The predicted molar refractivity (Wildman–Crippen MR) is 65.9 cm³/mol. The van der Waals surface area contributed by atoms with Crippen molar-refractivity contribution in [1.29, 1.82) is 0 Å². The summed E-state index contributed by atoms with van der Waals surface area (Å²) in [6.45, 7) is 0.0716. The second kappa shape index (κ2) is 5.09. The van der Waals surface area contributed by atoms with E-state index in [0.717, 1.165) is 0 Å². The van der Waals surface area contributed by atoms with Crippen LogP contribution in [-0.2, 0) is 14.3 Å². The molecule has 1 amide bonds. The zero-order chi connectivity index (χ0) is 14.0. The third-order valence-corrected chi connectivity index (χ3v) is 3.07. The van der Waals surface area contributed by atoms with Gasteiger partial charge in [0, 0.05) is 13.0 Å². The number of methoxy groups -OCH3 is 1. The standard InChI is InChI=1S/C13H13NO5/c1-19-13(18)9-4-2-3-5-10(9)14-7-8(12(16)17)6-11(14)15/h2-5,8H,6-7H2,1H3,(H,16,17). The van der Waals surface area contributed by atoms with Crippen molar-refractivity contribution in [2.45, 2.75) is 6.42 Å². The zero-order valence-corrected chi connectivity index (χ0v) is 10.3. The Kier molecular flexibility index (Phi) is 3.50. The Morgan fingerprint density at radius 1 is 1.37 bits per heavy atom. The van der Waals surface area contributed by atoms with Crippen LogP contribution in [0.15, 0.2) is 24.3 Å². The molecule has 1 aromatic carbocycles. The average Bonchev–Trinajstić information content (AvgIpc) is 2.80. The number of nitrogens with zero attached hydrogens (tertiary/aromatic N) is 1. The maximum absolute atomic E-state index is 11.9. The van der Waals surface area contributed by atoms with E-state index in [0.29, 0.717) is 5.69 Å². The Labute approximate surface area is 109 Å². The number of carbonyl (C=O) groups excluding carboxylic acids is 2. The number of hydrogen-bond donors (Lipinski definition) is 1. The lowest BCUT2D eigenvalue weighted by molar-refractivity contribution is -0.141. The van der Waals surface area contributed by atoms with Gasteiger partial charge in [-0.2, -0.15) is 0 Å². The van der Waals surface area contributed by atoms with E-state index < -0.39 is 17.9 Å². The highest BCUT2D eigenvalue weighted by atomic mass is 16.5. The van der Waals surface area contributed by atoms with Crippen LogP contribution in [-0.4, -0.2) is 36.6 Å². The molecule has 1 fully saturated rings. The van der Waals surface area contributed by atoms with Crippen LogP contribution in [0.5, 0.6) is 0 Å². The van der Waals surface area contributed by atoms with Gasteiger partial charge in [-0.25, -0.2) is 4.79 Å². The summed E-state index contributed by atoms with van der Waals surface area (Å²) in [5, 5.41) is 8.95. The van der Waals surface area contributed by atoms with E-state index in [4.69, 9.17) is 5.11 Å². The van der Waals surface area contributed by atoms with Gasteiger partial charge in [-0.3, -0.25) is 9.59 Å². The molecule has 0 radical (unpaired) electrons. The van der Waals surface area contributed by atoms with Crippen molar-refractivity contribution in [3.8, 4) is 0 Å². The number of amides is 1. The Morgan fingerprint density at radius 2 is 2.05 bits per heavy atom. The molecule has 1 N–H and O–H groups in total. The molecule has 0 aromatic heterocycles. The fourth-order valence-corrected chi connectivity index (χ4v) is 2.10. The molecular weight excluding hydrogens is 250 g/mol. The van der Waals surface area contributed by atoms with E-state index >= 15 is 0 Å². The number of anilines is 1. The summed E-state index contributed by atoms with van der Waals surface area (Å²) in [4.78, 5) is 35.8. The van der Waals surface area contributed by atoms with Crippen LogP contribution in [0.1, 0.15) is 16.8 Å². The summed E-state index contributed by atoms with van der Waals surface area (Å²) in [6.07, 6.45) is -0.0508. The molecule has 1 aromatic rings. The zero-order valence-electron chi connectivity index (χ0n) is 10.3. The summed E-state index contributed by atoms with van der Waals surface area (Å²) >= 11 is 0. The number of esters is 1. The van der Waals surface area contributed by atoms with Gasteiger partial charge < -0.3 is 14.7 Å². The molecule has 2 rings (SSSR count). The first-order valence-corrected chi connectivity index (χ1v) is 5.75. The molecule has 0 saturated carbocycles. The van der Waals surface area contributed by atoms with Crippen LogP contribution in [0.25, 0.3) is 0 Å². The maximum atomic E-state index is 11.9. The smallest absolute Gasteiger partial charge is 0.339 e. The Hall–Kier alpha value is -2.37. The Morgan fingerprint density at radius 3 is 2.63 bits per heavy atom. The van der Waals surface area contributed by atoms with Crippen LogP contribution in [0.4, 0.5) is 5.69 Å². The molecule has 100 valence electrons. The van der Waals surface area contributed by atoms with Crippen molar-refractivity contribution in [2.75, 3.05) is 18.6 Å². The number of hydrogen-bond acceptors (Lipinski definition) is 4. The van der Waals surface area contributed by atoms with Crippen LogP contribution in [0.2, 0.25) is 0 Å². The average molecular weight is 263 g/mol. The summed E-state index contributed by atoms with van der Waals surface area (Å²) in [6, 6.07) is 6.49. The number of carboxylic acids is 1. The molecule has 0 spiro atoms. The predicted octanol–water partition coefficient (Wildman–Crippen LogP) is 0.911. The first-order chi connectivity index (χ1) is 9.04. The fraction of sp³-hybridized carbons (Fsp3) is 0.308. The van der Waals surface area contributed by atoms with E-state index in [1.54, 1.807) is 24.3 Å². The minimum Gasteiger partial charge on any atom is -0.481 e. The van der Waals surface area contributed by atoms with Crippen LogP contribution in [0, 0.1) is 5.92 Å². The quantitative estimate of drug-likeness (QED) is 0.819. The lowest BCUT2D eigenvalue weighted by Gasteiger charge is -2.18. The van der Waals surface area contributed by atoms with Crippen LogP contribution < -0.4 is 4.90 Å². The lowest BCUT2D eigenvalue weighted by atomic mass is 10.1. The molecule has 1 saturated heterocycles. The molecular formula is C13H13NO5. The molecule has 1 atom stereocenters. The van der Waals surface area contributed by atoms with Gasteiger partial charge in [0.25, 0.3) is 0 Å². The number of carbonyl (C=O) groups is 3. The Bertz CT molecular complexity index is 540. The summed E-state index contributed by atoms with van der Waals surface area (Å²) in [5.74, 6) is -2.60. The van der Waals surface area contributed by atoms with Gasteiger partial charge in [0.15, 0.2) is 0 Å². The number of ether oxygens (including phenoxy) is 1. The van der Waals surface area contributed by atoms with Gasteiger partial charge in [-0.1, -0.05) is 12.1 Å². The molecule has 1 aliphatic rings. The third-order valence-electron chi connectivity index (χ3n) is 3.07. The normalized spacial score (nSPS) is 18.5. The topological polar surface area (TPSA) is 83.9 Å². The Balaban J connectivity index is 2.35. The fourth-order valence-electron chi connectivity index (χ4n) is 2.10. The summed E-state index contributed by atoms with van der Waals surface area (Å²) < 4.78 is 4.65. The van der Waals surface area contributed by atoms with Crippen LogP contribution >= 0.6 is 0 Å². The van der Waals surface area contributed by atoms with Crippen LogP contribution in [0.3, 0.4) is 0 Å². The molecule has 6 heteroatoms. The number of rotatable bonds is 3. The highest BCUT2D eigenvalue weighted by Crippen LogP contribution is 2.28. The highest BCUT2D eigenvalue weighted by Gasteiger charge is 2.36. The number of para-hydroxylation sites is 1. The molecule has 6 nitrogen and oxygen atoms in total. The van der Waals surface area contributed by atoms with Crippen molar-refractivity contribution in [1.82, 2.24) is 0 Å². The SMILES string of the molecule is COC(=O)c1ccccc1N1CC(C(=O)O)CC1=O. The first-order valence-electron chi connectivity index (χ1n) is 5.75. The van der Waals surface area contributed by atoms with Gasteiger partial charge in [0.2, 0.25) is 5.91 Å². The van der Waals surface area contributed by atoms with Crippen molar-refractivity contribution in [3.05, 3.63) is 29.8 Å². The minimum absolute atomic E-state index is 0.0508. The van der Waals surface area contributed by atoms with Gasteiger partial charge in [-0.15, -0.1) is 0 Å². The van der Waals surface area contributed by atoms with E-state index in [2.05, 4.69) is 4.74 Å². The molecule has 19 heavy (non-hydrogen) atoms. The second-order valence-corrected chi connectivity index (χ2v) is 4.25. The highest BCUT2D eigenvalue weighted by molar-refractivity contribution is 6.05. The van der Waals surface area contributed by atoms with E-state index in [1.807, 2.05) is 0 Å². The number of aliphatic carboxylic acids is 1. The van der Waals surface area contributed by atoms with E-state index in [9.17, 15) is 14.4 Å². The van der Waals surface area contributed by atoms with Crippen molar-refractivity contribution >= 4 is 23.5 Å². The van der Waals surface area contributed by atoms with Gasteiger partial charge in [0.1, 0.15) is 0 Å². The molecule has 1 heterocycles. The van der Waals surface area contributed by atoms with Gasteiger partial charge in [0.05, 0.1) is 24.3 Å². The van der Waals surface area contributed by atoms with Gasteiger partial charge >= 0.3 is 11.9 Å². The number of carboxylic acid groups (broad SMARTS) is 1. The molecule has 1 unspecified atom stereocenters. The lowest BCUT2D eigenvalue weighted by Crippen LogP contribution is -2.27. The van der Waals surface area contributed by atoms with E-state index in [-0.39, 0.29) is 24.4 Å². The third kappa shape index (κ3) is 2.42. The molecule has 0 bridgehead atoms. The summed E-state index contributed by atoms with van der Waals surface area (Å²) in [7, 11) is 1.25. The van der Waals surface area contributed by atoms with E-state index in [1.165, 1.54) is 12.0 Å². The summed E-state index contributed by atoms with van der Waals surface area (Å²) in [5.41, 5.74) is 0.646. The first kappa shape index (κ1) is 13.1. The molecule has 1 aliphatic heterocycles. The van der Waals surface area contributed by atoms with Gasteiger partial charge in [-0.05, 0) is 12.1 Å². The largest absolute Gasteiger partial charge is 0.481 e. The van der Waals surface area contributed by atoms with Crippen molar-refractivity contribution in [2.24, 2.45) is 5.92 Å². The molecule has 0 aliphatic carbocycles. The maximum Gasteiger partial charge on any atom is 0.339 e. The minimum atomic E-state index is -1.01. The van der Waals surface area contributed by atoms with Crippen molar-refractivity contribution in [3.63, 3.8) is 0 Å². The van der Waals surface area contributed by atoms with Crippen molar-refractivity contribution < 1.29 is 24.2 Å². The second-order valence-electron chi connectivity index (χ2n) is 4.25.